The molecule has 6 nitrogen and oxygen atoms in total. The van der Waals surface area contributed by atoms with Gasteiger partial charge in [-0.15, -0.1) is 10.2 Å². The lowest BCUT2D eigenvalue weighted by Crippen LogP contribution is -2.08. The molecule has 0 bridgehead atoms. The zero-order chi connectivity index (χ0) is 21.0. The van der Waals surface area contributed by atoms with Gasteiger partial charge in [0.05, 0.1) is 5.75 Å². The summed E-state index contributed by atoms with van der Waals surface area (Å²) in [7, 11) is 3.53. The van der Waals surface area contributed by atoms with Crippen LogP contribution < -0.4 is 0 Å². The van der Waals surface area contributed by atoms with E-state index in [0.717, 1.165) is 35.5 Å². The van der Waals surface area contributed by atoms with Gasteiger partial charge in [0.2, 0.25) is 0 Å². The molecule has 0 radical (unpaired) electrons. The van der Waals surface area contributed by atoms with Crippen LogP contribution in [0.2, 0.25) is 0 Å². The van der Waals surface area contributed by atoms with E-state index in [9.17, 15) is 9.18 Å². The molecule has 0 aliphatic rings. The number of Topliss-reactive ketones (excluding diaryl/α,β-unsaturated/α-hetero) is 1. The molecule has 0 atom stereocenters. The third-order valence-corrected chi connectivity index (χ3v) is 5.89. The van der Waals surface area contributed by atoms with E-state index in [2.05, 4.69) is 14.8 Å². The lowest BCUT2D eigenvalue weighted by atomic mass is 10.2. The summed E-state index contributed by atoms with van der Waals surface area (Å²) >= 11 is 1.35. The van der Waals surface area contributed by atoms with E-state index in [-0.39, 0.29) is 17.4 Å². The number of ketones is 1. The van der Waals surface area contributed by atoms with Crippen LogP contribution in [0.4, 0.5) is 4.39 Å². The number of aromatic nitrogens is 4. The van der Waals surface area contributed by atoms with Gasteiger partial charge in [0.25, 0.3) is 0 Å². The van der Waals surface area contributed by atoms with Gasteiger partial charge in [-0.1, -0.05) is 11.8 Å². The van der Waals surface area contributed by atoms with Crippen LogP contribution in [0.3, 0.4) is 0 Å². The van der Waals surface area contributed by atoms with E-state index >= 15 is 0 Å². The Balaban J connectivity index is 1.68. The number of nitrogens with zero attached hydrogens (tertiary/aromatic N) is 4. The van der Waals surface area contributed by atoms with Crippen molar-refractivity contribution in [1.82, 2.24) is 19.3 Å². The zero-order valence-electron chi connectivity index (χ0n) is 17.1. The molecule has 0 unspecified atom stereocenters. The lowest BCUT2D eigenvalue weighted by molar-refractivity contribution is 0.102. The normalized spacial score (nSPS) is 11.2. The first-order valence-electron chi connectivity index (χ1n) is 9.39. The highest BCUT2D eigenvalue weighted by Crippen LogP contribution is 2.25. The average Bonchev–Trinajstić information content (AvgIpc) is 3.21. The van der Waals surface area contributed by atoms with Crippen LogP contribution in [0.25, 0.3) is 11.4 Å². The minimum Gasteiger partial charge on any atom is -0.385 e. The topological polar surface area (TPSA) is 61.9 Å². The van der Waals surface area contributed by atoms with Crippen LogP contribution in [0, 0.1) is 19.7 Å². The van der Waals surface area contributed by atoms with Gasteiger partial charge in [0, 0.05) is 49.8 Å². The fraction of sp³-hybridized carbons (Fsp3) is 0.381. The molecule has 3 rings (SSSR count). The van der Waals surface area contributed by atoms with Crippen molar-refractivity contribution in [3.05, 3.63) is 53.1 Å². The fourth-order valence-corrected chi connectivity index (χ4v) is 4.09. The van der Waals surface area contributed by atoms with Gasteiger partial charge < -0.3 is 13.9 Å². The Morgan fingerprint density at radius 3 is 2.62 bits per heavy atom. The molecule has 0 spiro atoms. The van der Waals surface area contributed by atoms with Crippen LogP contribution in [-0.4, -0.2) is 44.6 Å². The van der Waals surface area contributed by atoms with Gasteiger partial charge >= 0.3 is 0 Å². The third-order valence-electron chi connectivity index (χ3n) is 4.87. The quantitative estimate of drug-likeness (QED) is 0.299. The number of hydrogen-bond donors (Lipinski definition) is 0. The average molecular weight is 417 g/mol. The first-order valence-corrected chi connectivity index (χ1v) is 10.4. The summed E-state index contributed by atoms with van der Waals surface area (Å²) < 4.78 is 22.2. The van der Waals surface area contributed by atoms with E-state index in [1.807, 2.05) is 31.5 Å². The Morgan fingerprint density at radius 2 is 1.93 bits per heavy atom. The number of rotatable bonds is 9. The lowest BCUT2D eigenvalue weighted by Gasteiger charge is -2.09. The predicted molar refractivity (Wildman–Crippen MR) is 112 cm³/mol. The summed E-state index contributed by atoms with van der Waals surface area (Å²) in [5, 5.41) is 9.02. The van der Waals surface area contributed by atoms with E-state index in [1.165, 1.54) is 23.9 Å². The number of aryl methyl sites for hydroxylation is 1. The van der Waals surface area contributed by atoms with Gasteiger partial charge in [-0.3, -0.25) is 4.79 Å². The molecule has 0 aliphatic heterocycles. The van der Waals surface area contributed by atoms with Crippen molar-refractivity contribution in [3.8, 4) is 11.4 Å². The number of halogens is 1. The van der Waals surface area contributed by atoms with Gasteiger partial charge in [-0.05, 0) is 50.6 Å². The smallest absolute Gasteiger partial charge is 0.191 e. The Hall–Kier alpha value is -2.45. The predicted octanol–water partition coefficient (Wildman–Crippen LogP) is 4.05. The monoisotopic (exact) mass is 416 g/mol. The summed E-state index contributed by atoms with van der Waals surface area (Å²) in [5.41, 5.74) is 3.57. The third kappa shape index (κ3) is 4.76. The molecule has 0 N–H and O–H groups in total. The first kappa shape index (κ1) is 21.3. The molecule has 154 valence electrons. The SMILES string of the molecule is COCCCn1c(C)cc(C(=O)CSc2nnc(-c3ccc(F)cc3)n2C)c1C. The van der Waals surface area contributed by atoms with Crippen LogP contribution in [0.5, 0.6) is 0 Å². The second-order valence-electron chi connectivity index (χ2n) is 6.87. The summed E-state index contributed by atoms with van der Waals surface area (Å²) in [5.74, 6) is 0.678. The summed E-state index contributed by atoms with van der Waals surface area (Å²) in [6, 6.07) is 8.06. The zero-order valence-corrected chi connectivity index (χ0v) is 17.9. The van der Waals surface area contributed by atoms with Crippen LogP contribution in [0.1, 0.15) is 28.2 Å². The van der Waals surface area contributed by atoms with E-state index in [0.29, 0.717) is 17.6 Å². The Kier molecular flexibility index (Phi) is 6.87. The maximum Gasteiger partial charge on any atom is 0.191 e. The van der Waals surface area contributed by atoms with Crippen molar-refractivity contribution in [3.63, 3.8) is 0 Å². The molecular formula is C21H25FN4O2S. The molecular weight excluding hydrogens is 391 g/mol. The Labute approximate surface area is 174 Å². The number of benzene rings is 1. The molecule has 2 aromatic heterocycles. The van der Waals surface area contributed by atoms with Gasteiger partial charge in [0.15, 0.2) is 16.8 Å². The maximum atomic E-state index is 13.1. The number of carbonyl (C=O) groups is 1. The second-order valence-corrected chi connectivity index (χ2v) is 7.81. The van der Waals surface area contributed by atoms with Crippen LogP contribution >= 0.6 is 11.8 Å². The van der Waals surface area contributed by atoms with Crippen molar-refractivity contribution >= 4 is 17.5 Å². The fourth-order valence-electron chi connectivity index (χ4n) is 3.29. The second kappa shape index (κ2) is 9.37. The maximum absolute atomic E-state index is 13.1. The summed E-state index contributed by atoms with van der Waals surface area (Å²) in [6.45, 7) is 5.52. The van der Waals surface area contributed by atoms with Crippen molar-refractivity contribution in [2.45, 2.75) is 32.0 Å². The number of thioether (sulfide) groups is 1. The highest BCUT2D eigenvalue weighted by atomic mass is 32.2. The summed E-state index contributed by atoms with van der Waals surface area (Å²) in [6.07, 6.45) is 0.903. The Morgan fingerprint density at radius 1 is 1.21 bits per heavy atom. The van der Waals surface area contributed by atoms with E-state index < -0.39 is 0 Å². The van der Waals surface area contributed by atoms with Crippen molar-refractivity contribution in [2.24, 2.45) is 7.05 Å². The van der Waals surface area contributed by atoms with Crippen LogP contribution in [0.15, 0.2) is 35.5 Å². The number of carbonyl (C=O) groups excluding carboxylic acids is 1. The largest absolute Gasteiger partial charge is 0.385 e. The molecule has 0 saturated carbocycles. The van der Waals surface area contributed by atoms with E-state index in [1.54, 1.807) is 19.2 Å². The number of methoxy groups -OCH3 is 1. The van der Waals surface area contributed by atoms with Crippen molar-refractivity contribution in [2.75, 3.05) is 19.5 Å². The van der Waals surface area contributed by atoms with Crippen molar-refractivity contribution in [1.29, 1.82) is 0 Å². The molecule has 0 amide bonds. The summed E-state index contributed by atoms with van der Waals surface area (Å²) in [4.78, 5) is 12.8. The van der Waals surface area contributed by atoms with Crippen LogP contribution in [-0.2, 0) is 18.3 Å². The highest BCUT2D eigenvalue weighted by molar-refractivity contribution is 7.99. The molecule has 1 aromatic carbocycles. The molecule has 2 heterocycles. The van der Waals surface area contributed by atoms with Gasteiger partial charge in [-0.2, -0.15) is 0 Å². The van der Waals surface area contributed by atoms with Gasteiger partial charge in [0.1, 0.15) is 5.82 Å². The molecule has 29 heavy (non-hydrogen) atoms. The molecule has 0 saturated heterocycles. The minimum absolute atomic E-state index is 0.0624. The van der Waals surface area contributed by atoms with Gasteiger partial charge in [-0.25, -0.2) is 4.39 Å². The highest BCUT2D eigenvalue weighted by Gasteiger charge is 2.18. The first-order chi connectivity index (χ1) is 13.9. The molecule has 3 aromatic rings. The minimum atomic E-state index is -0.295. The number of ether oxygens (including phenoxy) is 1. The molecule has 8 heteroatoms. The van der Waals surface area contributed by atoms with E-state index in [4.69, 9.17) is 4.74 Å². The Bertz CT molecular complexity index is 995. The standard InChI is InChI=1S/C21H25FN4O2S/c1-14-12-18(15(2)26(14)10-5-11-28-4)19(27)13-29-21-24-23-20(25(21)3)16-6-8-17(22)9-7-16/h6-9,12H,5,10-11,13H2,1-4H3. The molecule has 0 fully saturated rings. The molecule has 0 aliphatic carbocycles. The van der Waals surface area contributed by atoms with Crippen molar-refractivity contribution < 1.29 is 13.9 Å². The number of hydrogen-bond acceptors (Lipinski definition) is 5.